The molecule has 0 bridgehead atoms. The van der Waals surface area contributed by atoms with Crippen LogP contribution in [-0.2, 0) is 16.4 Å². The molecule has 1 heterocycles. The monoisotopic (exact) mass is 468 g/mol. The molecule has 0 spiro atoms. The number of aromatic nitrogens is 2. The van der Waals surface area contributed by atoms with Gasteiger partial charge in [0.1, 0.15) is 0 Å². The third-order valence-corrected chi connectivity index (χ3v) is 7.94. The van der Waals surface area contributed by atoms with Crippen molar-refractivity contribution in [3.05, 3.63) is 71.6 Å². The second kappa shape index (κ2) is 10.3. The third-order valence-electron chi connectivity index (χ3n) is 5.90. The number of nitrogens with one attached hydrogen (secondary N) is 1. The molecular weight excluding hydrogens is 440 g/mol. The van der Waals surface area contributed by atoms with Crippen LogP contribution in [0.25, 0.3) is 0 Å². The Balaban J connectivity index is 1.42. The fraction of sp³-hybridized carbons (Fsp3) is 0.375. The van der Waals surface area contributed by atoms with E-state index in [1.165, 1.54) is 24.3 Å². The van der Waals surface area contributed by atoms with Crippen LogP contribution in [-0.4, -0.2) is 41.4 Å². The van der Waals surface area contributed by atoms with E-state index >= 15 is 0 Å². The molecule has 2 aromatic carbocycles. The molecule has 33 heavy (non-hydrogen) atoms. The fourth-order valence-electron chi connectivity index (χ4n) is 4.22. The number of carbonyl (C=O) groups excluding carboxylic acids is 1. The van der Waals surface area contributed by atoms with Gasteiger partial charge < -0.3 is 4.42 Å². The molecule has 1 fully saturated rings. The maximum absolute atomic E-state index is 13.2. The van der Waals surface area contributed by atoms with Crippen LogP contribution in [0.3, 0.4) is 0 Å². The molecule has 8 nitrogen and oxygen atoms in total. The maximum atomic E-state index is 13.2. The van der Waals surface area contributed by atoms with E-state index < -0.39 is 15.9 Å². The van der Waals surface area contributed by atoms with Crippen molar-refractivity contribution in [2.75, 3.05) is 11.9 Å². The minimum absolute atomic E-state index is 0.00270. The van der Waals surface area contributed by atoms with Gasteiger partial charge in [-0.25, -0.2) is 8.42 Å². The summed E-state index contributed by atoms with van der Waals surface area (Å²) in [6, 6.07) is 15.7. The van der Waals surface area contributed by atoms with E-state index in [0.29, 0.717) is 24.4 Å². The minimum Gasteiger partial charge on any atom is -0.407 e. The lowest BCUT2D eigenvalue weighted by atomic mass is 9.95. The molecule has 1 aliphatic carbocycles. The van der Waals surface area contributed by atoms with Crippen LogP contribution in [0, 0.1) is 0 Å². The number of nitrogens with zero attached hydrogens (tertiary/aromatic N) is 3. The highest BCUT2D eigenvalue weighted by Crippen LogP contribution is 2.27. The summed E-state index contributed by atoms with van der Waals surface area (Å²) in [5, 5.41) is 10.4. The maximum Gasteiger partial charge on any atom is 0.322 e. The SMILES string of the molecule is CCN(C1CCCCC1)S(=O)(=O)c1ccc(C(=O)Nc2nnc(Cc3ccccc3)o2)cc1. The highest BCUT2D eigenvalue weighted by molar-refractivity contribution is 7.89. The second-order valence-corrected chi connectivity index (χ2v) is 10.0. The van der Waals surface area contributed by atoms with E-state index in [2.05, 4.69) is 15.5 Å². The van der Waals surface area contributed by atoms with E-state index in [-0.39, 0.29) is 17.0 Å². The first kappa shape index (κ1) is 23.1. The molecule has 1 aromatic heterocycles. The van der Waals surface area contributed by atoms with Crippen molar-refractivity contribution in [1.29, 1.82) is 0 Å². The Bertz CT molecular complexity index is 1170. The molecule has 0 radical (unpaired) electrons. The topological polar surface area (TPSA) is 105 Å². The molecule has 0 atom stereocenters. The Morgan fingerprint density at radius 2 is 1.73 bits per heavy atom. The van der Waals surface area contributed by atoms with Crippen molar-refractivity contribution >= 4 is 21.9 Å². The summed E-state index contributed by atoms with van der Waals surface area (Å²) in [5.74, 6) is -0.0613. The fourth-order valence-corrected chi connectivity index (χ4v) is 5.92. The van der Waals surface area contributed by atoms with E-state index in [9.17, 15) is 13.2 Å². The number of carbonyl (C=O) groups is 1. The Morgan fingerprint density at radius 3 is 2.39 bits per heavy atom. The van der Waals surface area contributed by atoms with Crippen molar-refractivity contribution < 1.29 is 17.6 Å². The van der Waals surface area contributed by atoms with Crippen molar-refractivity contribution in [2.24, 2.45) is 0 Å². The van der Waals surface area contributed by atoms with E-state index in [0.717, 1.165) is 37.7 Å². The molecule has 0 aliphatic heterocycles. The zero-order valence-corrected chi connectivity index (χ0v) is 19.4. The van der Waals surface area contributed by atoms with Gasteiger partial charge in [0.2, 0.25) is 15.9 Å². The largest absolute Gasteiger partial charge is 0.407 e. The summed E-state index contributed by atoms with van der Waals surface area (Å²) in [7, 11) is -3.62. The van der Waals surface area contributed by atoms with E-state index in [4.69, 9.17) is 4.42 Å². The van der Waals surface area contributed by atoms with Gasteiger partial charge in [0.15, 0.2) is 0 Å². The molecular formula is C24H28N4O4S. The van der Waals surface area contributed by atoms with Gasteiger partial charge in [-0.2, -0.15) is 4.31 Å². The van der Waals surface area contributed by atoms with Crippen molar-refractivity contribution in [1.82, 2.24) is 14.5 Å². The molecule has 174 valence electrons. The summed E-state index contributed by atoms with van der Waals surface area (Å²) < 4.78 is 33.5. The predicted molar refractivity (Wildman–Crippen MR) is 124 cm³/mol. The van der Waals surface area contributed by atoms with Crippen LogP contribution in [0.1, 0.15) is 60.8 Å². The Labute approximate surface area is 194 Å². The standard InChI is InChI=1S/C24H28N4O4S/c1-2-28(20-11-7-4-8-12-20)33(30,31)21-15-13-19(14-16-21)23(29)25-24-27-26-22(32-24)17-18-9-5-3-6-10-18/h3,5-6,9-10,13-16,20H,2,4,7-8,11-12,17H2,1H3,(H,25,27,29). The second-order valence-electron chi connectivity index (χ2n) is 8.14. The highest BCUT2D eigenvalue weighted by atomic mass is 32.2. The van der Waals surface area contributed by atoms with Crippen molar-refractivity contribution in [3.8, 4) is 0 Å². The minimum atomic E-state index is -3.62. The van der Waals surface area contributed by atoms with Gasteiger partial charge in [-0.05, 0) is 42.7 Å². The Kier molecular flexibility index (Phi) is 7.20. The number of rotatable bonds is 8. The average molecular weight is 469 g/mol. The molecule has 3 aromatic rings. The Morgan fingerprint density at radius 1 is 1.03 bits per heavy atom. The van der Waals surface area contributed by atoms with E-state index in [1.807, 2.05) is 37.3 Å². The normalized spacial score (nSPS) is 15.0. The van der Waals surface area contributed by atoms with Crippen molar-refractivity contribution in [3.63, 3.8) is 0 Å². The zero-order valence-electron chi connectivity index (χ0n) is 18.6. The van der Waals surface area contributed by atoms with Crippen LogP contribution in [0.4, 0.5) is 6.01 Å². The van der Waals surface area contributed by atoms with Crippen LogP contribution in [0.15, 0.2) is 63.9 Å². The first-order chi connectivity index (χ1) is 16.0. The van der Waals surface area contributed by atoms with Gasteiger partial charge in [0.05, 0.1) is 11.3 Å². The van der Waals surface area contributed by atoms with Gasteiger partial charge in [-0.3, -0.25) is 10.1 Å². The molecule has 0 unspecified atom stereocenters. The zero-order chi connectivity index (χ0) is 23.3. The van der Waals surface area contributed by atoms with Crippen LogP contribution in [0.5, 0.6) is 0 Å². The summed E-state index contributed by atoms with van der Waals surface area (Å²) in [4.78, 5) is 12.8. The number of sulfonamides is 1. The molecule has 9 heteroatoms. The predicted octanol–water partition coefficient (Wildman–Crippen LogP) is 4.26. The Hall–Kier alpha value is -3.04. The quantitative estimate of drug-likeness (QED) is 0.530. The van der Waals surface area contributed by atoms with Gasteiger partial charge in [0, 0.05) is 18.2 Å². The van der Waals surface area contributed by atoms with Crippen LogP contribution >= 0.6 is 0 Å². The molecule has 1 saturated carbocycles. The smallest absolute Gasteiger partial charge is 0.322 e. The number of benzene rings is 2. The van der Waals surface area contributed by atoms with Crippen LogP contribution < -0.4 is 5.32 Å². The number of anilines is 1. The number of amides is 1. The van der Waals surface area contributed by atoms with Crippen molar-refractivity contribution in [2.45, 2.75) is 56.4 Å². The summed E-state index contributed by atoms with van der Waals surface area (Å²) in [6.07, 6.45) is 5.52. The molecule has 0 saturated heterocycles. The highest BCUT2D eigenvalue weighted by Gasteiger charge is 2.31. The van der Waals surface area contributed by atoms with Gasteiger partial charge in [-0.15, -0.1) is 5.10 Å². The molecule has 1 N–H and O–H groups in total. The third kappa shape index (κ3) is 5.48. The summed E-state index contributed by atoms with van der Waals surface area (Å²) >= 11 is 0. The number of hydrogen-bond donors (Lipinski definition) is 1. The first-order valence-corrected chi connectivity index (χ1v) is 12.7. The summed E-state index contributed by atoms with van der Waals surface area (Å²) in [5.41, 5.74) is 1.32. The van der Waals surface area contributed by atoms with Gasteiger partial charge >= 0.3 is 6.01 Å². The lowest BCUT2D eigenvalue weighted by Gasteiger charge is -2.32. The average Bonchev–Trinajstić information content (AvgIpc) is 3.27. The van der Waals surface area contributed by atoms with E-state index in [1.54, 1.807) is 4.31 Å². The van der Waals surface area contributed by atoms with Gasteiger partial charge in [-0.1, -0.05) is 61.6 Å². The summed E-state index contributed by atoms with van der Waals surface area (Å²) in [6.45, 7) is 2.29. The molecule has 1 amide bonds. The van der Waals surface area contributed by atoms with Gasteiger partial charge in [0.25, 0.3) is 5.91 Å². The lowest BCUT2D eigenvalue weighted by molar-refractivity contribution is 0.102. The molecule has 4 rings (SSSR count). The lowest BCUT2D eigenvalue weighted by Crippen LogP contribution is -2.41. The first-order valence-electron chi connectivity index (χ1n) is 11.3. The number of hydrogen-bond acceptors (Lipinski definition) is 6. The molecule has 1 aliphatic rings. The van der Waals surface area contributed by atoms with Crippen LogP contribution in [0.2, 0.25) is 0 Å².